The van der Waals surface area contributed by atoms with E-state index in [0.29, 0.717) is 17.9 Å². The molecule has 3 heterocycles. The highest BCUT2D eigenvalue weighted by Crippen LogP contribution is 2.53. The molecular formula is C17H14F5N5O. The molecule has 6 nitrogen and oxygen atoms in total. The van der Waals surface area contributed by atoms with E-state index in [2.05, 4.69) is 24.9 Å². The summed E-state index contributed by atoms with van der Waals surface area (Å²) in [6, 6.07) is 0.972. The first-order chi connectivity index (χ1) is 13.1. The molecule has 1 aliphatic carbocycles. The quantitative estimate of drug-likeness (QED) is 0.623. The molecule has 0 N–H and O–H groups in total. The Morgan fingerprint density at radius 1 is 1.25 bits per heavy atom. The fourth-order valence-electron chi connectivity index (χ4n) is 2.79. The van der Waals surface area contributed by atoms with E-state index in [1.807, 2.05) is 0 Å². The molecule has 11 heteroatoms. The Morgan fingerprint density at radius 3 is 2.57 bits per heavy atom. The molecule has 3 aromatic rings. The maximum atomic E-state index is 14.2. The van der Waals surface area contributed by atoms with Crippen LogP contribution >= 0.6 is 0 Å². The number of pyridine rings is 1. The second-order valence-corrected chi connectivity index (χ2v) is 6.91. The molecule has 0 aliphatic heterocycles. The minimum absolute atomic E-state index is 0.213. The van der Waals surface area contributed by atoms with Crippen molar-refractivity contribution in [1.29, 1.82) is 0 Å². The minimum Gasteiger partial charge on any atom is -0.463 e. The highest BCUT2D eigenvalue weighted by atomic mass is 19.4. The number of alkyl halides is 4. The van der Waals surface area contributed by atoms with Gasteiger partial charge in [0.15, 0.2) is 17.6 Å². The molecule has 3 atom stereocenters. The maximum Gasteiger partial charge on any atom is 0.425 e. The Labute approximate surface area is 155 Å². The van der Waals surface area contributed by atoms with E-state index >= 15 is 0 Å². The van der Waals surface area contributed by atoms with Crippen molar-refractivity contribution in [1.82, 2.24) is 24.6 Å². The molecule has 1 saturated carbocycles. The number of hydrogen-bond donors (Lipinski definition) is 0. The first-order valence-electron chi connectivity index (χ1n) is 8.35. The van der Waals surface area contributed by atoms with Gasteiger partial charge in [0.2, 0.25) is 0 Å². The predicted octanol–water partition coefficient (Wildman–Crippen LogP) is 3.87. The smallest absolute Gasteiger partial charge is 0.425 e. The third-order valence-corrected chi connectivity index (χ3v) is 4.65. The first kappa shape index (κ1) is 18.5. The van der Waals surface area contributed by atoms with Gasteiger partial charge in [-0.25, -0.2) is 13.8 Å². The number of fused-ring (bicyclic) bond motifs is 1. The molecule has 1 fully saturated rings. The Kier molecular flexibility index (Phi) is 4.02. The van der Waals surface area contributed by atoms with E-state index in [4.69, 9.17) is 0 Å². The van der Waals surface area contributed by atoms with Gasteiger partial charge < -0.3 is 4.74 Å². The van der Waals surface area contributed by atoms with Crippen LogP contribution in [0.1, 0.15) is 32.0 Å². The zero-order chi connectivity index (χ0) is 20.3. The molecular weight excluding hydrogens is 385 g/mol. The van der Waals surface area contributed by atoms with Gasteiger partial charge in [-0.3, -0.25) is 9.38 Å². The van der Waals surface area contributed by atoms with Crippen LogP contribution in [0.5, 0.6) is 5.88 Å². The summed E-state index contributed by atoms with van der Waals surface area (Å²) in [5, 5.41) is 7.93. The lowest BCUT2D eigenvalue weighted by molar-refractivity contribution is -0.190. The summed E-state index contributed by atoms with van der Waals surface area (Å²) >= 11 is 0. The van der Waals surface area contributed by atoms with Crippen LogP contribution in [-0.2, 0) is 0 Å². The normalized spacial score (nSPS) is 23.0. The van der Waals surface area contributed by atoms with Crippen LogP contribution in [0, 0.1) is 5.82 Å². The summed E-state index contributed by atoms with van der Waals surface area (Å²) in [6.07, 6.45) is -2.48. The number of halogens is 5. The fraction of sp³-hybridized carbons (Fsp3) is 0.412. The summed E-state index contributed by atoms with van der Waals surface area (Å²) in [5.41, 5.74) is -0.468. The summed E-state index contributed by atoms with van der Waals surface area (Å²) in [5.74, 6) is -1.79. The van der Waals surface area contributed by atoms with Crippen molar-refractivity contribution in [3.8, 4) is 17.1 Å². The van der Waals surface area contributed by atoms with Crippen LogP contribution in [0.15, 0.2) is 24.7 Å². The zero-order valence-electron chi connectivity index (χ0n) is 14.7. The third-order valence-electron chi connectivity index (χ3n) is 4.65. The SMILES string of the molecule is C[C@H](Oc1ncc(-c2cn3c([C@@H]4CC4(C)F)nnc3cn2)cc1F)C(F)(F)F. The first-order valence-corrected chi connectivity index (χ1v) is 8.35. The van der Waals surface area contributed by atoms with Gasteiger partial charge in [0, 0.05) is 18.0 Å². The van der Waals surface area contributed by atoms with Gasteiger partial charge in [-0.2, -0.15) is 13.2 Å². The molecule has 0 saturated heterocycles. The lowest BCUT2D eigenvalue weighted by Crippen LogP contribution is -2.31. The highest BCUT2D eigenvalue weighted by Gasteiger charge is 2.54. The molecule has 3 aromatic heterocycles. The van der Waals surface area contributed by atoms with Crippen LogP contribution in [0.2, 0.25) is 0 Å². The number of ether oxygens (including phenoxy) is 1. The second-order valence-electron chi connectivity index (χ2n) is 6.91. The maximum absolute atomic E-state index is 14.2. The summed E-state index contributed by atoms with van der Waals surface area (Å²) in [7, 11) is 0. The van der Waals surface area contributed by atoms with Gasteiger partial charge in [-0.15, -0.1) is 10.2 Å². The van der Waals surface area contributed by atoms with E-state index in [1.165, 1.54) is 19.3 Å². The number of hydrogen-bond acceptors (Lipinski definition) is 5. The zero-order valence-corrected chi connectivity index (χ0v) is 14.7. The van der Waals surface area contributed by atoms with Crippen molar-refractivity contribution in [2.75, 3.05) is 0 Å². The Morgan fingerprint density at radius 2 is 1.96 bits per heavy atom. The van der Waals surface area contributed by atoms with Crippen molar-refractivity contribution in [2.24, 2.45) is 0 Å². The fourth-order valence-corrected chi connectivity index (χ4v) is 2.79. The van der Waals surface area contributed by atoms with Crippen molar-refractivity contribution < 1.29 is 26.7 Å². The topological polar surface area (TPSA) is 65.2 Å². The summed E-state index contributed by atoms with van der Waals surface area (Å²) < 4.78 is 72.0. The molecule has 0 radical (unpaired) electrons. The van der Waals surface area contributed by atoms with E-state index in [-0.39, 0.29) is 11.3 Å². The largest absolute Gasteiger partial charge is 0.463 e. The van der Waals surface area contributed by atoms with E-state index in [9.17, 15) is 22.0 Å². The van der Waals surface area contributed by atoms with Crippen LogP contribution in [0.3, 0.4) is 0 Å². The van der Waals surface area contributed by atoms with Crippen molar-refractivity contribution in [2.45, 2.75) is 44.1 Å². The molecule has 0 amide bonds. The molecule has 0 aromatic carbocycles. The van der Waals surface area contributed by atoms with Crippen LogP contribution in [-0.4, -0.2) is 42.5 Å². The van der Waals surface area contributed by atoms with Gasteiger partial charge in [0.25, 0.3) is 5.88 Å². The van der Waals surface area contributed by atoms with Crippen LogP contribution in [0.4, 0.5) is 22.0 Å². The Bertz CT molecular complexity index is 1050. The summed E-state index contributed by atoms with van der Waals surface area (Å²) in [6.45, 7) is 2.23. The predicted molar refractivity (Wildman–Crippen MR) is 87.0 cm³/mol. The van der Waals surface area contributed by atoms with Crippen molar-refractivity contribution in [3.63, 3.8) is 0 Å². The Balaban J connectivity index is 1.65. The average molecular weight is 399 g/mol. The lowest BCUT2D eigenvalue weighted by atomic mass is 10.2. The third kappa shape index (κ3) is 3.25. The van der Waals surface area contributed by atoms with Crippen LogP contribution in [0.25, 0.3) is 16.9 Å². The van der Waals surface area contributed by atoms with Gasteiger partial charge in [0.05, 0.1) is 17.8 Å². The molecule has 4 rings (SSSR count). The van der Waals surface area contributed by atoms with Crippen molar-refractivity contribution >= 4 is 5.65 Å². The molecule has 0 bridgehead atoms. The molecule has 148 valence electrons. The molecule has 1 unspecified atom stereocenters. The van der Waals surface area contributed by atoms with E-state index in [0.717, 1.165) is 19.2 Å². The lowest BCUT2D eigenvalue weighted by Gasteiger charge is -2.17. The standard InChI is InChI=1S/C17H14F5N5O/c1-8(17(20,21)22)28-15-11(18)3-9(5-24-15)12-7-27-13(6-23-12)25-26-14(27)10-4-16(10,2)19/h3,5-8,10H,4H2,1-2H3/t8-,10-,16?/m0/s1. The minimum atomic E-state index is -4.64. The van der Waals surface area contributed by atoms with E-state index < -0.39 is 35.6 Å². The number of aromatic nitrogens is 5. The molecule has 0 spiro atoms. The second kappa shape index (κ2) is 6.08. The highest BCUT2D eigenvalue weighted by molar-refractivity contribution is 5.59. The Hall–Kier alpha value is -2.85. The summed E-state index contributed by atoms with van der Waals surface area (Å²) in [4.78, 5) is 7.76. The number of rotatable bonds is 4. The molecule has 28 heavy (non-hydrogen) atoms. The average Bonchev–Trinajstić information content (AvgIpc) is 3.06. The van der Waals surface area contributed by atoms with Gasteiger partial charge in [-0.1, -0.05) is 0 Å². The van der Waals surface area contributed by atoms with Crippen LogP contribution < -0.4 is 4.74 Å². The van der Waals surface area contributed by atoms with E-state index in [1.54, 1.807) is 4.40 Å². The monoisotopic (exact) mass is 399 g/mol. The van der Waals surface area contributed by atoms with Gasteiger partial charge in [0.1, 0.15) is 11.5 Å². The van der Waals surface area contributed by atoms with Gasteiger partial charge >= 0.3 is 6.18 Å². The number of nitrogens with zero attached hydrogens (tertiary/aromatic N) is 5. The van der Waals surface area contributed by atoms with Gasteiger partial charge in [-0.05, 0) is 26.3 Å². The van der Waals surface area contributed by atoms with Crippen molar-refractivity contribution in [3.05, 3.63) is 36.3 Å². The molecule has 1 aliphatic rings.